The predicted molar refractivity (Wildman–Crippen MR) is 79.6 cm³/mol. The Morgan fingerprint density at radius 1 is 1.52 bits per heavy atom. The van der Waals surface area contributed by atoms with E-state index in [2.05, 4.69) is 10.2 Å². The molecule has 116 valence electrons. The Kier molecular flexibility index (Phi) is 5.91. The van der Waals surface area contributed by atoms with Crippen LogP contribution in [0.3, 0.4) is 0 Å². The lowest BCUT2D eigenvalue weighted by Gasteiger charge is -2.32. The first-order chi connectivity index (χ1) is 10.2. The Morgan fingerprint density at radius 2 is 2.33 bits per heavy atom. The molecule has 1 aromatic rings. The number of morpholine rings is 1. The first-order valence-electron chi connectivity index (χ1n) is 7.01. The third-order valence-corrected chi connectivity index (χ3v) is 3.46. The summed E-state index contributed by atoms with van der Waals surface area (Å²) in [4.78, 5) is 12.9. The Bertz CT molecular complexity index is 469. The van der Waals surface area contributed by atoms with Crippen molar-refractivity contribution in [1.82, 2.24) is 4.90 Å². The fraction of sp³-hybridized carbons (Fsp3) is 0.571. The number of ether oxygens (including phenoxy) is 2. The van der Waals surface area contributed by atoms with Crippen molar-refractivity contribution in [3.05, 3.63) is 34.4 Å². The van der Waals surface area contributed by atoms with Gasteiger partial charge in [-0.2, -0.15) is 0 Å². The zero-order chi connectivity index (χ0) is 15.1. The molecule has 7 heteroatoms. The van der Waals surface area contributed by atoms with Crippen LogP contribution in [0.1, 0.15) is 0 Å². The van der Waals surface area contributed by atoms with Crippen LogP contribution >= 0.6 is 0 Å². The number of nitro groups is 1. The van der Waals surface area contributed by atoms with Gasteiger partial charge < -0.3 is 14.8 Å². The van der Waals surface area contributed by atoms with Crippen LogP contribution in [-0.4, -0.2) is 62.4 Å². The summed E-state index contributed by atoms with van der Waals surface area (Å²) >= 11 is 0. The van der Waals surface area contributed by atoms with Crippen molar-refractivity contribution < 1.29 is 14.4 Å². The van der Waals surface area contributed by atoms with Gasteiger partial charge in [-0.1, -0.05) is 12.1 Å². The smallest absolute Gasteiger partial charge is 0.292 e. The average molecular weight is 295 g/mol. The summed E-state index contributed by atoms with van der Waals surface area (Å²) in [5.74, 6) is 0. The second kappa shape index (κ2) is 7.92. The largest absolute Gasteiger partial charge is 0.383 e. The second-order valence-electron chi connectivity index (χ2n) is 4.94. The maximum atomic E-state index is 11.0. The highest BCUT2D eigenvalue weighted by Gasteiger charge is 2.21. The van der Waals surface area contributed by atoms with Gasteiger partial charge in [-0.05, 0) is 6.07 Å². The predicted octanol–water partition coefficient (Wildman–Crippen LogP) is 1.35. The number of rotatable bonds is 7. The minimum atomic E-state index is -0.380. The van der Waals surface area contributed by atoms with E-state index in [0.717, 1.165) is 19.6 Å². The molecule has 0 aliphatic carbocycles. The third kappa shape index (κ3) is 4.66. The molecule has 2 rings (SSSR count). The lowest BCUT2D eigenvalue weighted by molar-refractivity contribution is -0.384. The summed E-state index contributed by atoms with van der Waals surface area (Å²) in [5.41, 5.74) is 0.615. The fourth-order valence-electron chi connectivity index (χ4n) is 2.33. The first-order valence-corrected chi connectivity index (χ1v) is 7.01. The molecule has 0 amide bonds. The molecule has 1 saturated heterocycles. The highest BCUT2D eigenvalue weighted by atomic mass is 16.6. The fourth-order valence-corrected chi connectivity index (χ4v) is 2.33. The Hall–Kier alpha value is -1.70. The summed E-state index contributed by atoms with van der Waals surface area (Å²) in [5, 5.41) is 14.1. The van der Waals surface area contributed by atoms with Gasteiger partial charge >= 0.3 is 0 Å². The standard InChI is InChI=1S/C14H21N3O4/c1-20-8-6-16-7-9-21-12(11-16)10-15-13-4-2-3-5-14(13)17(18)19/h2-5,12,15H,6-11H2,1H3. The van der Waals surface area contributed by atoms with E-state index >= 15 is 0 Å². The van der Waals surface area contributed by atoms with Crippen LogP contribution in [0.2, 0.25) is 0 Å². The maximum absolute atomic E-state index is 11.0. The summed E-state index contributed by atoms with van der Waals surface area (Å²) in [6.07, 6.45) is 0.0235. The molecule has 0 aromatic heterocycles. The number of nitrogens with zero attached hydrogens (tertiary/aromatic N) is 2. The minimum absolute atomic E-state index is 0.0235. The molecule has 1 aliphatic heterocycles. The van der Waals surface area contributed by atoms with Crippen molar-refractivity contribution in [3.8, 4) is 0 Å². The van der Waals surface area contributed by atoms with Gasteiger partial charge in [0.15, 0.2) is 0 Å². The Labute approximate surface area is 124 Å². The molecule has 1 heterocycles. The monoisotopic (exact) mass is 295 g/mol. The lowest BCUT2D eigenvalue weighted by atomic mass is 10.2. The van der Waals surface area contributed by atoms with Crippen LogP contribution in [0.25, 0.3) is 0 Å². The Morgan fingerprint density at radius 3 is 3.10 bits per heavy atom. The first kappa shape index (κ1) is 15.7. The number of benzene rings is 1. The maximum Gasteiger partial charge on any atom is 0.292 e. The molecule has 0 saturated carbocycles. The number of nitro benzene ring substituents is 1. The number of anilines is 1. The molecule has 1 atom stereocenters. The van der Waals surface area contributed by atoms with E-state index < -0.39 is 0 Å². The number of methoxy groups -OCH3 is 1. The molecule has 1 aromatic carbocycles. The van der Waals surface area contributed by atoms with E-state index in [0.29, 0.717) is 25.4 Å². The van der Waals surface area contributed by atoms with E-state index in [-0.39, 0.29) is 16.7 Å². The van der Waals surface area contributed by atoms with E-state index in [1.807, 2.05) is 0 Å². The van der Waals surface area contributed by atoms with Gasteiger partial charge in [0.25, 0.3) is 5.69 Å². The second-order valence-corrected chi connectivity index (χ2v) is 4.94. The van der Waals surface area contributed by atoms with Crippen LogP contribution in [-0.2, 0) is 9.47 Å². The van der Waals surface area contributed by atoms with Crippen LogP contribution in [0, 0.1) is 10.1 Å². The van der Waals surface area contributed by atoms with Gasteiger partial charge in [-0.15, -0.1) is 0 Å². The van der Waals surface area contributed by atoms with Gasteiger partial charge in [0, 0.05) is 39.4 Å². The molecule has 1 fully saturated rings. The number of para-hydroxylation sites is 2. The molecule has 0 spiro atoms. The summed E-state index contributed by atoms with van der Waals surface area (Å²) < 4.78 is 10.8. The lowest BCUT2D eigenvalue weighted by Crippen LogP contribution is -2.46. The SMILES string of the molecule is COCCN1CCOC(CNc2ccccc2[N+](=O)[O-])C1. The molecular weight excluding hydrogens is 274 g/mol. The molecule has 0 radical (unpaired) electrons. The third-order valence-electron chi connectivity index (χ3n) is 3.46. The summed E-state index contributed by atoms with van der Waals surface area (Å²) in [6.45, 7) is 4.50. The van der Waals surface area contributed by atoms with Crippen molar-refractivity contribution in [1.29, 1.82) is 0 Å². The van der Waals surface area contributed by atoms with Crippen LogP contribution in [0.4, 0.5) is 11.4 Å². The van der Waals surface area contributed by atoms with Crippen molar-refractivity contribution in [2.75, 3.05) is 51.8 Å². The van der Waals surface area contributed by atoms with E-state index in [1.54, 1.807) is 25.3 Å². The van der Waals surface area contributed by atoms with Crippen LogP contribution < -0.4 is 5.32 Å². The Balaban J connectivity index is 1.86. The zero-order valence-electron chi connectivity index (χ0n) is 12.2. The highest BCUT2D eigenvalue weighted by Crippen LogP contribution is 2.23. The van der Waals surface area contributed by atoms with Gasteiger partial charge in [0.2, 0.25) is 0 Å². The van der Waals surface area contributed by atoms with Gasteiger partial charge in [-0.3, -0.25) is 15.0 Å². The number of hydrogen-bond acceptors (Lipinski definition) is 6. The van der Waals surface area contributed by atoms with Gasteiger partial charge in [0.1, 0.15) is 5.69 Å². The molecule has 7 nitrogen and oxygen atoms in total. The summed E-state index contributed by atoms with van der Waals surface area (Å²) in [7, 11) is 1.69. The molecule has 21 heavy (non-hydrogen) atoms. The average Bonchev–Trinajstić information content (AvgIpc) is 2.51. The molecule has 1 aliphatic rings. The normalized spacial score (nSPS) is 19.4. The van der Waals surface area contributed by atoms with Gasteiger partial charge in [-0.25, -0.2) is 0 Å². The molecule has 1 N–H and O–H groups in total. The number of hydrogen-bond donors (Lipinski definition) is 1. The molecule has 1 unspecified atom stereocenters. The van der Waals surface area contributed by atoms with Gasteiger partial charge in [0.05, 0.1) is 24.2 Å². The van der Waals surface area contributed by atoms with E-state index in [4.69, 9.17) is 9.47 Å². The van der Waals surface area contributed by atoms with Crippen molar-refractivity contribution in [2.24, 2.45) is 0 Å². The van der Waals surface area contributed by atoms with Crippen LogP contribution in [0.15, 0.2) is 24.3 Å². The highest BCUT2D eigenvalue weighted by molar-refractivity contribution is 5.61. The quantitative estimate of drug-likeness (QED) is 0.604. The van der Waals surface area contributed by atoms with Crippen molar-refractivity contribution in [2.45, 2.75) is 6.10 Å². The van der Waals surface area contributed by atoms with E-state index in [1.165, 1.54) is 6.07 Å². The number of nitrogens with one attached hydrogen (secondary N) is 1. The van der Waals surface area contributed by atoms with E-state index in [9.17, 15) is 10.1 Å². The topological polar surface area (TPSA) is 76.9 Å². The minimum Gasteiger partial charge on any atom is -0.383 e. The molecule has 0 bridgehead atoms. The van der Waals surface area contributed by atoms with Crippen molar-refractivity contribution in [3.63, 3.8) is 0 Å². The summed E-state index contributed by atoms with van der Waals surface area (Å²) in [6, 6.07) is 6.65. The molecular formula is C14H21N3O4. The van der Waals surface area contributed by atoms with Crippen LogP contribution in [0.5, 0.6) is 0 Å². The zero-order valence-corrected chi connectivity index (χ0v) is 12.2. The van der Waals surface area contributed by atoms with Crippen molar-refractivity contribution >= 4 is 11.4 Å².